The molecular formula is C34H45Br2ClN6O8S4. The van der Waals surface area contributed by atoms with E-state index in [4.69, 9.17) is 22.1 Å². The highest BCUT2D eigenvalue weighted by atomic mass is 79.9. The maximum Gasteiger partial charge on any atom is 0.411 e. The van der Waals surface area contributed by atoms with Crippen LogP contribution in [-0.4, -0.2) is 61.6 Å². The third-order valence-electron chi connectivity index (χ3n) is 5.85. The fourth-order valence-corrected chi connectivity index (χ4v) is 10.5. The Balaban J connectivity index is 0.000000331. The summed E-state index contributed by atoms with van der Waals surface area (Å²) in [6, 6.07) is 9.53. The Labute approximate surface area is 352 Å². The first-order valence-electron chi connectivity index (χ1n) is 16.3. The molecule has 304 valence electrons. The standard InChI is InChI=1S/C17H22BrN3O4S2.C13H16BrN3O2S2.C4H7ClO2/c1-10(2)25-16(22)20-11-6-7-12(13-9-19-15(18)26-13)14(8-11)27(23,24)21-17(3,4)5;1-13(2,3)17-21(18,19)11-6-8(15)4-5-9(11)10-7-16-12(14)20-10;1-3(2)7-4(5)6/h6-10,21H,1-5H3,(H,20,22);4-7,17H,15H2,1-3H3;3H,1-2H3. The highest BCUT2D eigenvalue weighted by molar-refractivity contribution is 9.11. The summed E-state index contributed by atoms with van der Waals surface area (Å²) in [4.78, 5) is 31.5. The minimum Gasteiger partial charge on any atom is -0.451 e. The minimum absolute atomic E-state index is 0.0518. The average Bonchev–Trinajstić information content (AvgIpc) is 3.62. The summed E-state index contributed by atoms with van der Waals surface area (Å²) in [5, 5.41) is 2.56. The fraction of sp³-hybridized carbons (Fsp3) is 0.412. The summed E-state index contributed by atoms with van der Waals surface area (Å²) in [5.74, 6) is 0. The van der Waals surface area contributed by atoms with Crippen molar-refractivity contribution < 1.29 is 35.9 Å². The number of rotatable bonds is 9. The van der Waals surface area contributed by atoms with Gasteiger partial charge in [-0.1, -0.05) is 12.1 Å². The lowest BCUT2D eigenvalue weighted by Gasteiger charge is -2.22. The van der Waals surface area contributed by atoms with Crippen molar-refractivity contribution >= 4 is 109 Å². The molecule has 0 saturated heterocycles. The number of sulfonamides is 2. The number of hydrogen-bond donors (Lipinski definition) is 4. The molecule has 0 aliphatic carbocycles. The molecule has 2 aromatic heterocycles. The van der Waals surface area contributed by atoms with Crippen LogP contribution < -0.4 is 20.5 Å². The van der Waals surface area contributed by atoms with Gasteiger partial charge in [-0.05, 0) is 125 Å². The molecule has 2 heterocycles. The molecular weight excluding hydrogens is 944 g/mol. The number of nitrogens with one attached hydrogen (secondary N) is 3. The summed E-state index contributed by atoms with van der Waals surface area (Å²) >= 11 is 14.1. The van der Waals surface area contributed by atoms with Crippen LogP contribution in [0.1, 0.15) is 69.2 Å². The van der Waals surface area contributed by atoms with Crippen LogP contribution in [0.25, 0.3) is 20.9 Å². The molecule has 0 fully saturated rings. The van der Waals surface area contributed by atoms with E-state index in [1.54, 1.807) is 106 Å². The lowest BCUT2D eigenvalue weighted by molar-refractivity contribution is 0.130. The largest absolute Gasteiger partial charge is 0.451 e. The van der Waals surface area contributed by atoms with Gasteiger partial charge in [0.15, 0.2) is 7.83 Å². The predicted molar refractivity (Wildman–Crippen MR) is 228 cm³/mol. The molecule has 1 amide bonds. The van der Waals surface area contributed by atoms with Crippen LogP contribution in [0.4, 0.5) is 21.0 Å². The van der Waals surface area contributed by atoms with Gasteiger partial charge in [0.05, 0.1) is 31.8 Å². The van der Waals surface area contributed by atoms with Gasteiger partial charge in [-0.25, -0.2) is 45.8 Å². The van der Waals surface area contributed by atoms with Crippen LogP contribution >= 0.6 is 66.1 Å². The van der Waals surface area contributed by atoms with E-state index in [2.05, 4.69) is 61.3 Å². The average molecular weight is 989 g/mol. The highest BCUT2D eigenvalue weighted by Crippen LogP contribution is 2.36. The molecule has 4 aromatic rings. The van der Waals surface area contributed by atoms with Gasteiger partial charge < -0.3 is 15.2 Å². The Morgan fingerprint density at radius 3 is 1.51 bits per heavy atom. The smallest absolute Gasteiger partial charge is 0.411 e. The molecule has 0 bridgehead atoms. The molecule has 2 aromatic carbocycles. The molecule has 0 spiro atoms. The Hall–Kier alpha value is -2.69. The molecule has 0 saturated carbocycles. The third kappa shape index (κ3) is 17.1. The number of anilines is 2. The topological polar surface area (TPSA) is 209 Å². The molecule has 21 heteroatoms. The number of nitrogens with two attached hydrogens (primary N) is 1. The Bertz CT molecular complexity index is 2170. The number of nitrogen functional groups attached to an aromatic ring is 1. The number of hydrogen-bond acceptors (Lipinski definition) is 13. The maximum atomic E-state index is 13.0. The number of ether oxygens (including phenoxy) is 2. The number of thiazole rings is 2. The van der Waals surface area contributed by atoms with Gasteiger partial charge in [-0.3, -0.25) is 5.32 Å². The van der Waals surface area contributed by atoms with E-state index in [9.17, 15) is 26.4 Å². The van der Waals surface area contributed by atoms with Crippen molar-refractivity contribution in [2.45, 2.75) is 102 Å². The highest BCUT2D eigenvalue weighted by Gasteiger charge is 2.28. The van der Waals surface area contributed by atoms with E-state index < -0.39 is 42.6 Å². The molecule has 0 atom stereocenters. The lowest BCUT2D eigenvalue weighted by Crippen LogP contribution is -2.40. The monoisotopic (exact) mass is 986 g/mol. The Morgan fingerprint density at radius 2 is 1.16 bits per heavy atom. The summed E-state index contributed by atoms with van der Waals surface area (Å²) in [7, 11) is -7.52. The normalized spacial score (nSPS) is 12.0. The molecule has 5 N–H and O–H groups in total. The number of carbonyl (C=O) groups is 2. The fourth-order valence-electron chi connectivity index (χ4n) is 4.21. The minimum atomic E-state index is -3.85. The van der Waals surface area contributed by atoms with Crippen molar-refractivity contribution in [2.24, 2.45) is 0 Å². The number of amides is 1. The molecule has 4 rings (SSSR count). The van der Waals surface area contributed by atoms with E-state index in [1.165, 1.54) is 34.8 Å². The van der Waals surface area contributed by atoms with Gasteiger partial charge in [0.25, 0.3) is 0 Å². The van der Waals surface area contributed by atoms with Crippen molar-refractivity contribution in [1.29, 1.82) is 0 Å². The molecule has 0 radical (unpaired) electrons. The van der Waals surface area contributed by atoms with Gasteiger partial charge in [0, 0.05) is 57.6 Å². The van der Waals surface area contributed by atoms with Crippen molar-refractivity contribution in [2.75, 3.05) is 11.1 Å². The predicted octanol–water partition coefficient (Wildman–Crippen LogP) is 9.61. The second-order valence-electron chi connectivity index (χ2n) is 14.1. The molecule has 0 unspecified atom stereocenters. The molecule has 55 heavy (non-hydrogen) atoms. The van der Waals surface area contributed by atoms with Crippen molar-refractivity contribution in [3.05, 3.63) is 56.6 Å². The number of nitrogens with zero attached hydrogens (tertiary/aromatic N) is 2. The van der Waals surface area contributed by atoms with E-state index in [0.717, 1.165) is 4.88 Å². The summed E-state index contributed by atoms with van der Waals surface area (Å²) in [5.41, 5.74) is 5.59. The van der Waals surface area contributed by atoms with Crippen molar-refractivity contribution in [3.8, 4) is 20.9 Å². The van der Waals surface area contributed by atoms with Gasteiger partial charge in [0.2, 0.25) is 20.0 Å². The zero-order chi connectivity index (χ0) is 42.1. The van der Waals surface area contributed by atoms with Crippen molar-refractivity contribution in [1.82, 2.24) is 19.4 Å². The summed E-state index contributed by atoms with van der Waals surface area (Å²) < 4.78 is 67.2. The Kier molecular flexibility index (Phi) is 17.7. The SMILES string of the molecule is CC(C)(C)NS(=O)(=O)c1cc(N)ccc1-c1cnc(Br)s1.CC(C)OC(=O)Cl.CC(C)OC(=O)Nc1ccc(-c2cnc(Br)s2)c(S(=O)(=O)NC(C)(C)C)c1. The van der Waals surface area contributed by atoms with E-state index >= 15 is 0 Å². The summed E-state index contributed by atoms with van der Waals surface area (Å²) in [6.07, 6.45) is 2.19. The van der Waals surface area contributed by atoms with Crippen LogP contribution in [0.3, 0.4) is 0 Å². The Morgan fingerprint density at radius 1 is 0.745 bits per heavy atom. The van der Waals surface area contributed by atoms with Crippen LogP contribution in [0.2, 0.25) is 0 Å². The van der Waals surface area contributed by atoms with Gasteiger partial charge in [-0.15, -0.1) is 22.7 Å². The number of benzene rings is 2. The molecule has 0 aliphatic rings. The van der Waals surface area contributed by atoms with Gasteiger partial charge in [0.1, 0.15) is 0 Å². The number of aromatic nitrogens is 2. The quantitative estimate of drug-likeness (QED) is 0.0917. The van der Waals surface area contributed by atoms with E-state index in [1.807, 2.05) is 0 Å². The van der Waals surface area contributed by atoms with Crippen LogP contribution in [0.15, 0.2) is 66.4 Å². The first-order valence-corrected chi connectivity index (χ1v) is 22.8. The van der Waals surface area contributed by atoms with Gasteiger partial charge in [-0.2, -0.15) is 0 Å². The zero-order valence-electron chi connectivity index (χ0n) is 31.8. The number of carbonyl (C=O) groups excluding carboxylic acids is 2. The van der Waals surface area contributed by atoms with Crippen LogP contribution in [-0.2, 0) is 29.5 Å². The zero-order valence-corrected chi connectivity index (χ0v) is 39.0. The third-order valence-corrected chi connectivity index (χ3v) is 12.6. The van der Waals surface area contributed by atoms with E-state index in [-0.39, 0.29) is 22.0 Å². The molecule has 14 nitrogen and oxygen atoms in total. The first-order chi connectivity index (χ1) is 25.1. The molecule has 0 aliphatic heterocycles. The first kappa shape index (κ1) is 48.5. The van der Waals surface area contributed by atoms with Crippen LogP contribution in [0, 0.1) is 0 Å². The van der Waals surface area contributed by atoms with Crippen molar-refractivity contribution in [3.63, 3.8) is 0 Å². The maximum absolute atomic E-state index is 13.0. The van der Waals surface area contributed by atoms with E-state index in [0.29, 0.717) is 35.2 Å². The second-order valence-corrected chi connectivity index (χ2v) is 22.3. The lowest BCUT2D eigenvalue weighted by atomic mass is 10.1. The number of halogens is 3. The van der Waals surface area contributed by atoms with Gasteiger partial charge >= 0.3 is 11.5 Å². The summed E-state index contributed by atoms with van der Waals surface area (Å²) in [6.45, 7) is 17.6. The van der Waals surface area contributed by atoms with Crippen LogP contribution in [0.5, 0.6) is 0 Å². The second kappa shape index (κ2) is 20.1.